The van der Waals surface area contributed by atoms with Crippen LogP contribution < -0.4 is 0 Å². The molecule has 1 heterocycles. The fourth-order valence-corrected chi connectivity index (χ4v) is 4.60. The fraction of sp³-hybridized carbons (Fsp3) is 0. The molecule has 0 aliphatic rings. The van der Waals surface area contributed by atoms with E-state index in [2.05, 4.69) is 70.5 Å². The normalized spacial score (nSPS) is 11.2. The van der Waals surface area contributed by atoms with Crippen LogP contribution in [0.3, 0.4) is 0 Å². The van der Waals surface area contributed by atoms with E-state index in [1.54, 1.807) is 0 Å². The first-order valence-corrected chi connectivity index (χ1v) is 11.5. The van der Waals surface area contributed by atoms with Gasteiger partial charge in [0, 0.05) is 21.2 Å². The maximum atomic E-state index is 4.88. The van der Waals surface area contributed by atoms with E-state index >= 15 is 0 Å². The Morgan fingerprint density at radius 2 is 1.09 bits per heavy atom. The Bertz CT molecular complexity index is 1630. The summed E-state index contributed by atoms with van der Waals surface area (Å²) in [5.74, 6) is 1.96. The highest BCUT2D eigenvalue weighted by Crippen LogP contribution is 2.31. The molecule has 0 fully saturated rings. The summed E-state index contributed by atoms with van der Waals surface area (Å²) in [6, 6.07) is 37.3. The molecule has 0 bridgehead atoms. The number of fused-ring (bicyclic) bond motifs is 3. The first kappa shape index (κ1) is 19.8. The second-order valence-corrected chi connectivity index (χ2v) is 8.73. The topological polar surface area (TPSA) is 38.7 Å². The molecule has 3 nitrogen and oxygen atoms in total. The van der Waals surface area contributed by atoms with Gasteiger partial charge < -0.3 is 0 Å². The van der Waals surface area contributed by atoms with Crippen LogP contribution >= 0.6 is 15.9 Å². The highest BCUT2D eigenvalue weighted by molar-refractivity contribution is 9.10. The lowest BCUT2D eigenvalue weighted by atomic mass is 10.00. The van der Waals surface area contributed by atoms with Gasteiger partial charge in [-0.05, 0) is 33.7 Å². The van der Waals surface area contributed by atoms with Crippen LogP contribution in [0.5, 0.6) is 0 Å². The quantitative estimate of drug-likeness (QED) is 0.237. The van der Waals surface area contributed by atoms with Gasteiger partial charge >= 0.3 is 0 Å². The van der Waals surface area contributed by atoms with Gasteiger partial charge in [-0.2, -0.15) is 0 Å². The Hall–Kier alpha value is -3.89. The molecular formula is C29H18BrN3. The van der Waals surface area contributed by atoms with Crippen molar-refractivity contribution < 1.29 is 0 Å². The summed E-state index contributed by atoms with van der Waals surface area (Å²) in [5, 5.41) is 4.87. The van der Waals surface area contributed by atoms with Crippen LogP contribution in [0.4, 0.5) is 0 Å². The van der Waals surface area contributed by atoms with E-state index in [1.807, 2.05) is 54.6 Å². The first-order chi connectivity index (χ1) is 16.3. The molecule has 0 spiro atoms. The largest absolute Gasteiger partial charge is 0.208 e. The summed E-state index contributed by atoms with van der Waals surface area (Å²) in [4.78, 5) is 14.5. The van der Waals surface area contributed by atoms with Crippen molar-refractivity contribution in [2.75, 3.05) is 0 Å². The zero-order valence-corrected chi connectivity index (χ0v) is 19.2. The van der Waals surface area contributed by atoms with E-state index in [1.165, 1.54) is 16.2 Å². The zero-order chi connectivity index (χ0) is 22.2. The fourth-order valence-electron chi connectivity index (χ4n) is 4.14. The van der Waals surface area contributed by atoms with E-state index in [-0.39, 0.29) is 0 Å². The predicted molar refractivity (Wildman–Crippen MR) is 139 cm³/mol. The van der Waals surface area contributed by atoms with Crippen molar-refractivity contribution in [1.29, 1.82) is 0 Å². The molecule has 5 aromatic carbocycles. The smallest absolute Gasteiger partial charge is 0.165 e. The van der Waals surface area contributed by atoms with Crippen molar-refractivity contribution in [3.05, 3.63) is 114 Å². The van der Waals surface area contributed by atoms with Gasteiger partial charge in [-0.1, -0.05) is 113 Å². The van der Waals surface area contributed by atoms with Crippen LogP contribution in [0.2, 0.25) is 0 Å². The highest BCUT2D eigenvalue weighted by atomic mass is 79.9. The summed E-state index contributed by atoms with van der Waals surface area (Å²) in [6.45, 7) is 0. The van der Waals surface area contributed by atoms with Gasteiger partial charge in [0.2, 0.25) is 0 Å². The minimum absolute atomic E-state index is 0.643. The lowest BCUT2D eigenvalue weighted by molar-refractivity contribution is 1.07. The summed E-state index contributed by atoms with van der Waals surface area (Å²) in [7, 11) is 0. The molecule has 0 aliphatic heterocycles. The van der Waals surface area contributed by atoms with Gasteiger partial charge in [0.1, 0.15) is 0 Å². The van der Waals surface area contributed by atoms with Crippen molar-refractivity contribution in [2.24, 2.45) is 0 Å². The lowest BCUT2D eigenvalue weighted by Crippen LogP contribution is -2.00. The van der Waals surface area contributed by atoms with Gasteiger partial charge in [-0.3, -0.25) is 0 Å². The number of rotatable bonds is 3. The Kier molecular flexibility index (Phi) is 4.93. The summed E-state index contributed by atoms with van der Waals surface area (Å²) in [5.41, 5.74) is 2.86. The molecule has 0 saturated carbocycles. The Labute approximate surface area is 199 Å². The maximum absolute atomic E-state index is 4.88. The van der Waals surface area contributed by atoms with Crippen molar-refractivity contribution in [1.82, 2.24) is 15.0 Å². The number of hydrogen-bond donors (Lipinski definition) is 0. The van der Waals surface area contributed by atoms with Crippen LogP contribution in [-0.2, 0) is 0 Å². The van der Waals surface area contributed by atoms with Crippen LogP contribution in [0.1, 0.15) is 0 Å². The molecule has 0 aliphatic carbocycles. The van der Waals surface area contributed by atoms with Gasteiger partial charge in [0.15, 0.2) is 17.5 Å². The maximum Gasteiger partial charge on any atom is 0.165 e. The molecule has 4 heteroatoms. The summed E-state index contributed by atoms with van der Waals surface area (Å²) < 4.78 is 0.950. The molecule has 0 unspecified atom stereocenters. The average Bonchev–Trinajstić information content (AvgIpc) is 2.89. The Balaban J connectivity index is 1.57. The van der Waals surface area contributed by atoms with Crippen molar-refractivity contribution in [3.8, 4) is 34.2 Å². The van der Waals surface area contributed by atoms with E-state index in [0.717, 1.165) is 26.5 Å². The number of nitrogens with zero attached hydrogens (tertiary/aromatic N) is 3. The molecule has 0 radical (unpaired) electrons. The van der Waals surface area contributed by atoms with Gasteiger partial charge in [-0.25, -0.2) is 15.0 Å². The number of benzene rings is 5. The zero-order valence-electron chi connectivity index (χ0n) is 17.6. The Morgan fingerprint density at radius 1 is 0.455 bits per heavy atom. The second-order valence-electron chi connectivity index (χ2n) is 7.87. The molecule has 6 aromatic rings. The third-order valence-electron chi connectivity index (χ3n) is 5.79. The molecule has 0 atom stereocenters. The van der Waals surface area contributed by atoms with Crippen LogP contribution in [0, 0.1) is 0 Å². The predicted octanol–water partition coefficient (Wildman–Crippen LogP) is 7.94. The molecule has 1 aromatic heterocycles. The van der Waals surface area contributed by atoms with Gasteiger partial charge in [0.05, 0.1) is 0 Å². The van der Waals surface area contributed by atoms with Crippen LogP contribution in [-0.4, -0.2) is 15.0 Å². The van der Waals surface area contributed by atoms with Crippen molar-refractivity contribution in [2.45, 2.75) is 0 Å². The SMILES string of the molecule is Brc1ccccc1-c1nc(-c2ccccc2)nc(-c2ccc3c(ccc4ccccc43)c2)n1. The summed E-state index contributed by atoms with van der Waals surface area (Å²) in [6.07, 6.45) is 0. The number of halogens is 1. The van der Waals surface area contributed by atoms with E-state index in [4.69, 9.17) is 15.0 Å². The third kappa shape index (κ3) is 3.69. The van der Waals surface area contributed by atoms with Gasteiger partial charge in [0.25, 0.3) is 0 Å². The second kappa shape index (κ2) is 8.23. The molecule has 156 valence electrons. The standard InChI is InChI=1S/C29H18BrN3/c30-26-13-7-6-12-25(26)29-32-27(20-9-2-1-3-10-20)31-28(33-29)22-16-17-24-21(18-22)15-14-19-8-4-5-11-23(19)24/h1-18H. The Morgan fingerprint density at radius 3 is 1.94 bits per heavy atom. The van der Waals surface area contributed by atoms with Gasteiger partial charge in [-0.15, -0.1) is 0 Å². The van der Waals surface area contributed by atoms with Crippen LogP contribution in [0.25, 0.3) is 55.7 Å². The van der Waals surface area contributed by atoms with E-state index < -0.39 is 0 Å². The molecule has 6 rings (SSSR count). The molecular weight excluding hydrogens is 470 g/mol. The van der Waals surface area contributed by atoms with Crippen molar-refractivity contribution >= 4 is 37.5 Å². The lowest BCUT2D eigenvalue weighted by Gasteiger charge is -2.10. The molecule has 33 heavy (non-hydrogen) atoms. The monoisotopic (exact) mass is 487 g/mol. The van der Waals surface area contributed by atoms with Crippen LogP contribution in [0.15, 0.2) is 114 Å². The third-order valence-corrected chi connectivity index (χ3v) is 6.48. The summed E-state index contributed by atoms with van der Waals surface area (Å²) >= 11 is 3.65. The minimum Gasteiger partial charge on any atom is -0.208 e. The first-order valence-electron chi connectivity index (χ1n) is 10.7. The van der Waals surface area contributed by atoms with E-state index in [0.29, 0.717) is 17.5 Å². The number of aromatic nitrogens is 3. The van der Waals surface area contributed by atoms with Crippen molar-refractivity contribution in [3.63, 3.8) is 0 Å². The number of hydrogen-bond acceptors (Lipinski definition) is 3. The highest BCUT2D eigenvalue weighted by Gasteiger charge is 2.14. The molecule has 0 amide bonds. The van der Waals surface area contributed by atoms with E-state index in [9.17, 15) is 0 Å². The minimum atomic E-state index is 0.643. The average molecular weight is 488 g/mol. The molecule has 0 saturated heterocycles. The molecule has 0 N–H and O–H groups in total.